The number of rotatable bonds is 4. The molecule has 1 aromatic heterocycles. The molecule has 1 atom stereocenters. The zero-order chi connectivity index (χ0) is 18.9. The number of hydrogen-bond acceptors (Lipinski definition) is 3. The number of benzene rings is 1. The van der Waals surface area contributed by atoms with E-state index in [4.69, 9.17) is 0 Å². The van der Waals surface area contributed by atoms with E-state index in [-0.39, 0.29) is 12.0 Å². The maximum atomic E-state index is 12.9. The lowest BCUT2D eigenvalue weighted by molar-refractivity contribution is -0.143. The zero-order valence-electron chi connectivity index (χ0n) is 14.3. The third kappa shape index (κ3) is 3.94. The van der Waals surface area contributed by atoms with Crippen LogP contribution in [0.5, 0.6) is 0 Å². The molecule has 3 nitrogen and oxygen atoms in total. The van der Waals surface area contributed by atoms with Crippen LogP contribution in [0.2, 0.25) is 0 Å². The van der Waals surface area contributed by atoms with Crippen LogP contribution in [0, 0.1) is 12.8 Å². The molecule has 26 heavy (non-hydrogen) atoms. The van der Waals surface area contributed by atoms with Crippen LogP contribution >= 0.6 is 11.3 Å². The van der Waals surface area contributed by atoms with Gasteiger partial charge in [0.25, 0.3) is 0 Å². The van der Waals surface area contributed by atoms with E-state index in [1.54, 1.807) is 11.3 Å². The Labute approximate surface area is 154 Å². The largest absolute Gasteiger partial charge is 0.481 e. The summed E-state index contributed by atoms with van der Waals surface area (Å²) < 4.78 is 38.6. The highest BCUT2D eigenvalue weighted by atomic mass is 32.1. The number of carbonyl (C=O) groups is 1. The Morgan fingerprint density at radius 2 is 1.81 bits per heavy atom. The summed E-state index contributed by atoms with van der Waals surface area (Å²) in [5.41, 5.74) is 1.24. The maximum absolute atomic E-state index is 12.9. The van der Waals surface area contributed by atoms with E-state index >= 15 is 0 Å². The summed E-state index contributed by atoms with van der Waals surface area (Å²) in [5.74, 6) is -1.12. The van der Waals surface area contributed by atoms with Crippen LogP contribution in [-0.2, 0) is 11.0 Å². The van der Waals surface area contributed by atoms with Gasteiger partial charge in [0.1, 0.15) is 0 Å². The van der Waals surface area contributed by atoms with Gasteiger partial charge in [-0.1, -0.05) is 12.1 Å². The number of piperidine rings is 1. The number of likely N-dealkylation sites (tertiary alicyclic amines) is 1. The van der Waals surface area contributed by atoms with E-state index in [2.05, 4.69) is 4.90 Å². The first-order valence-corrected chi connectivity index (χ1v) is 9.33. The number of aryl methyl sites for hydroxylation is 1. The van der Waals surface area contributed by atoms with Gasteiger partial charge in [-0.3, -0.25) is 9.69 Å². The lowest BCUT2D eigenvalue weighted by Gasteiger charge is -2.37. The second kappa shape index (κ2) is 7.40. The molecule has 7 heteroatoms. The van der Waals surface area contributed by atoms with Crippen molar-refractivity contribution in [1.29, 1.82) is 0 Å². The highest BCUT2D eigenvalue weighted by Crippen LogP contribution is 2.38. The molecule has 1 aliphatic rings. The van der Waals surface area contributed by atoms with Gasteiger partial charge in [-0.2, -0.15) is 13.2 Å². The molecule has 0 amide bonds. The Morgan fingerprint density at radius 1 is 1.19 bits per heavy atom. The molecule has 3 rings (SSSR count). The molecule has 1 fully saturated rings. The number of thiophene rings is 1. The van der Waals surface area contributed by atoms with Crippen LogP contribution in [0.3, 0.4) is 0 Å². The lowest BCUT2D eigenvalue weighted by atomic mass is 9.93. The molecule has 1 aliphatic heterocycles. The number of carboxylic acid groups (broad SMARTS) is 1. The second-order valence-electron chi connectivity index (χ2n) is 6.64. The van der Waals surface area contributed by atoms with Gasteiger partial charge >= 0.3 is 12.1 Å². The summed E-state index contributed by atoms with van der Waals surface area (Å²) >= 11 is 1.58. The molecule has 0 aliphatic carbocycles. The number of aliphatic carboxylic acids is 1. The third-order valence-electron chi connectivity index (χ3n) is 4.95. The molecule has 1 N–H and O–H groups in total. The van der Waals surface area contributed by atoms with Crippen molar-refractivity contribution in [2.75, 3.05) is 13.1 Å². The zero-order valence-corrected chi connectivity index (χ0v) is 15.1. The van der Waals surface area contributed by atoms with Gasteiger partial charge in [0.2, 0.25) is 0 Å². The SMILES string of the molecule is Cc1ccsc1C(c1ccc(C(F)(F)F)cc1)N1CCC(C(=O)O)CC1. The summed E-state index contributed by atoms with van der Waals surface area (Å²) in [5, 5.41) is 11.2. The summed E-state index contributed by atoms with van der Waals surface area (Å²) in [6, 6.07) is 7.17. The van der Waals surface area contributed by atoms with Crippen LogP contribution in [0.4, 0.5) is 13.2 Å². The Morgan fingerprint density at radius 3 is 2.27 bits per heavy atom. The minimum atomic E-state index is -4.35. The molecule has 2 heterocycles. The Bertz CT molecular complexity index is 762. The first-order chi connectivity index (χ1) is 12.3. The van der Waals surface area contributed by atoms with E-state index in [0.29, 0.717) is 25.9 Å². The van der Waals surface area contributed by atoms with Gasteiger partial charge in [0.05, 0.1) is 17.5 Å². The van der Waals surface area contributed by atoms with Crippen LogP contribution in [-0.4, -0.2) is 29.1 Å². The first kappa shape index (κ1) is 18.9. The van der Waals surface area contributed by atoms with Crippen molar-refractivity contribution in [2.45, 2.75) is 32.0 Å². The predicted octanol–water partition coefficient (Wildman–Crippen LogP) is 4.96. The molecule has 0 spiro atoms. The Balaban J connectivity index is 1.90. The maximum Gasteiger partial charge on any atom is 0.416 e. The van der Waals surface area contributed by atoms with Crippen LogP contribution in [0.25, 0.3) is 0 Å². The van der Waals surface area contributed by atoms with Crippen molar-refractivity contribution in [3.63, 3.8) is 0 Å². The first-order valence-electron chi connectivity index (χ1n) is 8.45. The van der Waals surface area contributed by atoms with E-state index in [0.717, 1.165) is 28.1 Å². The number of nitrogens with zero attached hydrogens (tertiary/aromatic N) is 1. The minimum Gasteiger partial charge on any atom is -0.481 e. The molecule has 0 saturated carbocycles. The van der Waals surface area contributed by atoms with E-state index in [1.165, 1.54) is 12.1 Å². The van der Waals surface area contributed by atoms with Gasteiger partial charge in [0.15, 0.2) is 0 Å². The minimum absolute atomic E-state index is 0.146. The van der Waals surface area contributed by atoms with Crippen LogP contribution < -0.4 is 0 Å². The summed E-state index contributed by atoms with van der Waals surface area (Å²) in [4.78, 5) is 14.5. The van der Waals surface area contributed by atoms with Crippen molar-refractivity contribution < 1.29 is 23.1 Å². The normalized spacial score (nSPS) is 18.0. The fraction of sp³-hybridized carbons (Fsp3) is 0.421. The van der Waals surface area contributed by atoms with Gasteiger partial charge in [-0.05, 0) is 67.6 Å². The molecule has 0 bridgehead atoms. The summed E-state index contributed by atoms with van der Waals surface area (Å²) in [6.45, 7) is 3.22. The fourth-order valence-electron chi connectivity index (χ4n) is 3.45. The van der Waals surface area contributed by atoms with Crippen LogP contribution in [0.1, 0.15) is 40.5 Å². The molecular formula is C19H20F3NO2S. The molecule has 2 aromatic rings. The highest BCUT2D eigenvalue weighted by molar-refractivity contribution is 7.10. The topological polar surface area (TPSA) is 40.5 Å². The summed E-state index contributed by atoms with van der Waals surface area (Å²) in [7, 11) is 0. The highest BCUT2D eigenvalue weighted by Gasteiger charge is 2.33. The van der Waals surface area contributed by atoms with E-state index in [9.17, 15) is 23.1 Å². The monoisotopic (exact) mass is 383 g/mol. The molecule has 1 aromatic carbocycles. The third-order valence-corrected chi connectivity index (χ3v) is 6.02. The van der Waals surface area contributed by atoms with Crippen molar-refractivity contribution in [1.82, 2.24) is 4.90 Å². The number of alkyl halides is 3. The smallest absolute Gasteiger partial charge is 0.416 e. The molecule has 1 unspecified atom stereocenters. The average Bonchev–Trinajstić information content (AvgIpc) is 3.01. The molecule has 1 saturated heterocycles. The van der Waals surface area contributed by atoms with Crippen molar-refractivity contribution in [3.8, 4) is 0 Å². The fourth-order valence-corrected chi connectivity index (χ4v) is 4.54. The van der Waals surface area contributed by atoms with Crippen LogP contribution in [0.15, 0.2) is 35.7 Å². The molecular weight excluding hydrogens is 363 g/mol. The molecule has 140 valence electrons. The van der Waals surface area contributed by atoms with E-state index < -0.39 is 17.7 Å². The number of hydrogen-bond donors (Lipinski definition) is 1. The standard InChI is InChI=1S/C19H20F3NO2S/c1-12-8-11-26-17(12)16(23-9-6-14(7-10-23)18(24)25)13-2-4-15(5-3-13)19(20,21)22/h2-5,8,11,14,16H,6-7,9-10H2,1H3,(H,24,25). The Kier molecular flexibility index (Phi) is 5.39. The number of carboxylic acids is 1. The second-order valence-corrected chi connectivity index (χ2v) is 7.59. The van der Waals surface area contributed by atoms with Crippen molar-refractivity contribution in [3.05, 3.63) is 57.3 Å². The predicted molar refractivity (Wildman–Crippen MR) is 94.3 cm³/mol. The van der Waals surface area contributed by atoms with Gasteiger partial charge < -0.3 is 5.11 Å². The van der Waals surface area contributed by atoms with E-state index in [1.807, 2.05) is 18.4 Å². The van der Waals surface area contributed by atoms with Gasteiger partial charge in [0, 0.05) is 4.88 Å². The Hall–Kier alpha value is -1.86. The lowest BCUT2D eigenvalue weighted by Crippen LogP contribution is -2.39. The summed E-state index contributed by atoms with van der Waals surface area (Å²) in [6.07, 6.45) is -3.25. The average molecular weight is 383 g/mol. The van der Waals surface area contributed by atoms with Crippen molar-refractivity contribution >= 4 is 17.3 Å². The van der Waals surface area contributed by atoms with Gasteiger partial charge in [-0.25, -0.2) is 0 Å². The van der Waals surface area contributed by atoms with Gasteiger partial charge in [-0.15, -0.1) is 11.3 Å². The number of halogens is 3. The quantitative estimate of drug-likeness (QED) is 0.811. The molecule has 0 radical (unpaired) electrons. The van der Waals surface area contributed by atoms with Crippen molar-refractivity contribution in [2.24, 2.45) is 5.92 Å².